The lowest BCUT2D eigenvalue weighted by Gasteiger charge is -2.39. The van der Waals surface area contributed by atoms with Crippen LogP contribution in [0.3, 0.4) is 0 Å². The molecular weight excluding hydrogens is 303 g/mol. The molecule has 1 aliphatic rings. The van der Waals surface area contributed by atoms with Crippen molar-refractivity contribution in [3.05, 3.63) is 65.5 Å². The summed E-state index contributed by atoms with van der Waals surface area (Å²) in [6.45, 7) is 6.21. The first-order valence-electron chi connectivity index (χ1n) is 8.48. The number of nitrogens with zero attached hydrogens (tertiary/aromatic N) is 2. The Balaban J connectivity index is 1.75. The highest BCUT2D eigenvalue weighted by molar-refractivity contribution is 5.98. The Kier molecular flexibility index (Phi) is 4.95. The standard InChI is InChI=1S/C20H23FN2O/c1-3-17-6-4-5-7-19(17)23-13-12-22(15(2)20(23)24)14-16-8-10-18(21)11-9-16/h4-11,15H,3,12-14H2,1-2H3. The van der Waals surface area contributed by atoms with Crippen molar-refractivity contribution >= 4 is 11.6 Å². The molecule has 0 N–H and O–H groups in total. The predicted molar refractivity (Wildman–Crippen MR) is 94.4 cm³/mol. The number of hydrogen-bond donors (Lipinski definition) is 0. The summed E-state index contributed by atoms with van der Waals surface area (Å²) in [6, 6.07) is 14.4. The van der Waals surface area contributed by atoms with Gasteiger partial charge in [-0.1, -0.05) is 37.3 Å². The molecule has 1 saturated heterocycles. The van der Waals surface area contributed by atoms with Crippen molar-refractivity contribution in [2.45, 2.75) is 32.9 Å². The molecule has 24 heavy (non-hydrogen) atoms. The van der Waals surface area contributed by atoms with E-state index < -0.39 is 0 Å². The van der Waals surface area contributed by atoms with Gasteiger partial charge in [-0.15, -0.1) is 0 Å². The van der Waals surface area contributed by atoms with Crippen LogP contribution in [-0.2, 0) is 17.8 Å². The average Bonchev–Trinajstić information content (AvgIpc) is 2.61. The number of halogens is 1. The zero-order valence-corrected chi connectivity index (χ0v) is 14.2. The van der Waals surface area contributed by atoms with E-state index in [1.807, 2.05) is 30.0 Å². The molecule has 0 aromatic heterocycles. The molecule has 0 saturated carbocycles. The lowest BCUT2D eigenvalue weighted by molar-refractivity contribution is -0.125. The molecule has 2 aromatic rings. The normalized spacial score (nSPS) is 18.9. The molecule has 0 spiro atoms. The van der Waals surface area contributed by atoms with Crippen LogP contribution in [0.1, 0.15) is 25.0 Å². The number of benzene rings is 2. The third-order valence-electron chi connectivity index (χ3n) is 4.74. The van der Waals surface area contributed by atoms with Crippen LogP contribution in [0.4, 0.5) is 10.1 Å². The number of carbonyl (C=O) groups is 1. The topological polar surface area (TPSA) is 23.6 Å². The summed E-state index contributed by atoms with van der Waals surface area (Å²) < 4.78 is 13.0. The molecular formula is C20H23FN2O. The summed E-state index contributed by atoms with van der Waals surface area (Å²) in [5.74, 6) is -0.104. The zero-order chi connectivity index (χ0) is 17.1. The second-order valence-corrected chi connectivity index (χ2v) is 6.25. The van der Waals surface area contributed by atoms with Gasteiger partial charge in [0.05, 0.1) is 6.04 Å². The van der Waals surface area contributed by atoms with Gasteiger partial charge in [-0.2, -0.15) is 0 Å². The summed E-state index contributed by atoms with van der Waals surface area (Å²) in [5.41, 5.74) is 3.25. The summed E-state index contributed by atoms with van der Waals surface area (Å²) in [4.78, 5) is 16.9. The first-order valence-corrected chi connectivity index (χ1v) is 8.48. The molecule has 1 atom stereocenters. The molecule has 3 rings (SSSR count). The second-order valence-electron chi connectivity index (χ2n) is 6.25. The van der Waals surface area contributed by atoms with Crippen LogP contribution < -0.4 is 4.90 Å². The fourth-order valence-corrected chi connectivity index (χ4v) is 3.27. The minimum atomic E-state index is -0.233. The first-order chi connectivity index (χ1) is 11.6. The van der Waals surface area contributed by atoms with Crippen molar-refractivity contribution < 1.29 is 9.18 Å². The van der Waals surface area contributed by atoms with Crippen molar-refractivity contribution in [2.24, 2.45) is 0 Å². The summed E-state index contributed by atoms with van der Waals surface area (Å²) in [7, 11) is 0. The maximum absolute atomic E-state index is 13.0. The SMILES string of the molecule is CCc1ccccc1N1CCN(Cc2ccc(F)cc2)C(C)C1=O. The lowest BCUT2D eigenvalue weighted by atomic mass is 10.1. The monoisotopic (exact) mass is 326 g/mol. The molecule has 3 nitrogen and oxygen atoms in total. The van der Waals surface area contributed by atoms with E-state index in [4.69, 9.17) is 0 Å². The van der Waals surface area contributed by atoms with Crippen molar-refractivity contribution in [1.82, 2.24) is 4.90 Å². The van der Waals surface area contributed by atoms with Gasteiger partial charge < -0.3 is 4.90 Å². The molecule has 126 valence electrons. The van der Waals surface area contributed by atoms with Crippen LogP contribution in [0.15, 0.2) is 48.5 Å². The van der Waals surface area contributed by atoms with Crippen molar-refractivity contribution in [1.29, 1.82) is 0 Å². The van der Waals surface area contributed by atoms with Gasteiger partial charge in [0.15, 0.2) is 0 Å². The molecule has 0 aliphatic carbocycles. The second kappa shape index (κ2) is 7.14. The number of aryl methyl sites for hydroxylation is 1. The Bertz CT molecular complexity index is 714. The molecule has 2 aromatic carbocycles. The third-order valence-corrected chi connectivity index (χ3v) is 4.74. The summed E-state index contributed by atoms with van der Waals surface area (Å²) >= 11 is 0. The number of anilines is 1. The van der Waals surface area contributed by atoms with Gasteiger partial charge in [0.25, 0.3) is 0 Å². The lowest BCUT2D eigenvalue weighted by Crippen LogP contribution is -2.55. The van der Waals surface area contributed by atoms with E-state index >= 15 is 0 Å². The first kappa shape index (κ1) is 16.7. The molecule has 4 heteroatoms. The number of para-hydroxylation sites is 1. The van der Waals surface area contributed by atoms with Gasteiger partial charge in [-0.25, -0.2) is 4.39 Å². The van der Waals surface area contributed by atoms with Gasteiger partial charge in [0, 0.05) is 25.3 Å². The van der Waals surface area contributed by atoms with Gasteiger partial charge in [0.2, 0.25) is 5.91 Å². The van der Waals surface area contributed by atoms with E-state index in [0.29, 0.717) is 13.1 Å². The largest absolute Gasteiger partial charge is 0.310 e. The highest BCUT2D eigenvalue weighted by Crippen LogP contribution is 2.25. The number of carbonyl (C=O) groups excluding carboxylic acids is 1. The van der Waals surface area contributed by atoms with Crippen LogP contribution in [0.25, 0.3) is 0 Å². The summed E-state index contributed by atoms with van der Waals surface area (Å²) in [6.07, 6.45) is 0.910. The van der Waals surface area contributed by atoms with E-state index in [9.17, 15) is 9.18 Å². The van der Waals surface area contributed by atoms with Gasteiger partial charge in [-0.3, -0.25) is 9.69 Å². The molecule has 1 heterocycles. The zero-order valence-electron chi connectivity index (χ0n) is 14.2. The van der Waals surface area contributed by atoms with Crippen LogP contribution in [-0.4, -0.2) is 29.9 Å². The smallest absolute Gasteiger partial charge is 0.244 e. The molecule has 1 aliphatic heterocycles. The van der Waals surface area contributed by atoms with Gasteiger partial charge >= 0.3 is 0 Å². The van der Waals surface area contributed by atoms with E-state index in [2.05, 4.69) is 17.9 Å². The Morgan fingerprint density at radius 3 is 2.50 bits per heavy atom. The Morgan fingerprint density at radius 1 is 1.08 bits per heavy atom. The van der Waals surface area contributed by atoms with E-state index in [1.54, 1.807) is 12.1 Å². The Hall–Kier alpha value is -2.20. The molecule has 1 amide bonds. The molecule has 0 radical (unpaired) electrons. The molecule has 0 bridgehead atoms. The Labute approximate surface area is 142 Å². The van der Waals surface area contributed by atoms with Crippen molar-refractivity contribution in [2.75, 3.05) is 18.0 Å². The predicted octanol–water partition coefficient (Wildman–Crippen LogP) is 3.63. The number of rotatable bonds is 4. The minimum Gasteiger partial charge on any atom is -0.310 e. The highest BCUT2D eigenvalue weighted by Gasteiger charge is 2.32. The summed E-state index contributed by atoms with van der Waals surface area (Å²) in [5, 5.41) is 0. The fourth-order valence-electron chi connectivity index (χ4n) is 3.27. The highest BCUT2D eigenvalue weighted by atomic mass is 19.1. The fraction of sp³-hybridized carbons (Fsp3) is 0.350. The Morgan fingerprint density at radius 2 is 1.79 bits per heavy atom. The van der Waals surface area contributed by atoms with Crippen LogP contribution >= 0.6 is 0 Å². The molecule has 1 fully saturated rings. The van der Waals surface area contributed by atoms with E-state index in [-0.39, 0.29) is 17.8 Å². The van der Waals surface area contributed by atoms with Crippen molar-refractivity contribution in [3.63, 3.8) is 0 Å². The maximum atomic E-state index is 13.0. The van der Waals surface area contributed by atoms with Crippen LogP contribution in [0.5, 0.6) is 0 Å². The maximum Gasteiger partial charge on any atom is 0.244 e. The van der Waals surface area contributed by atoms with E-state index in [1.165, 1.54) is 17.7 Å². The van der Waals surface area contributed by atoms with Gasteiger partial charge in [-0.05, 0) is 42.7 Å². The molecule has 1 unspecified atom stereocenters. The van der Waals surface area contributed by atoms with Crippen LogP contribution in [0, 0.1) is 5.82 Å². The average molecular weight is 326 g/mol. The quantitative estimate of drug-likeness (QED) is 0.857. The van der Waals surface area contributed by atoms with E-state index in [0.717, 1.165) is 24.2 Å². The van der Waals surface area contributed by atoms with Crippen LogP contribution in [0.2, 0.25) is 0 Å². The number of amides is 1. The van der Waals surface area contributed by atoms with Crippen molar-refractivity contribution in [3.8, 4) is 0 Å². The number of piperazine rings is 1. The third kappa shape index (κ3) is 3.34. The number of hydrogen-bond acceptors (Lipinski definition) is 2. The van der Waals surface area contributed by atoms with Gasteiger partial charge in [0.1, 0.15) is 5.82 Å². The minimum absolute atomic E-state index is 0.129.